The average molecular weight is 583 g/mol. The second kappa shape index (κ2) is 9.50. The Balaban J connectivity index is 1.18. The molecule has 1 unspecified atom stereocenters. The Labute approximate surface area is 249 Å². The molecule has 0 aromatic carbocycles. The van der Waals surface area contributed by atoms with Crippen LogP contribution in [0.3, 0.4) is 0 Å². The molecule has 11 rings (SSSR count). The molecule has 0 radical (unpaired) electrons. The number of nitrogens with zero attached hydrogens (tertiary/aromatic N) is 4. The van der Waals surface area contributed by atoms with E-state index < -0.39 is 5.16 Å². The largest absolute Gasteiger partial charge is 0.261 e. The molecule has 6 heteroatoms. The Morgan fingerprint density at radius 1 is 0.683 bits per heavy atom. The third kappa shape index (κ3) is 4.05. The molecule has 2 heterocycles. The average Bonchev–Trinajstić information content (AvgIpc) is 3.44. The molecule has 2 aromatic rings. The lowest BCUT2D eigenvalue weighted by Crippen LogP contribution is -2.57. The summed E-state index contributed by atoms with van der Waals surface area (Å²) in [6.07, 6.45) is 37.0. The third-order valence-electron chi connectivity index (χ3n) is 12.9. The van der Waals surface area contributed by atoms with Gasteiger partial charge in [-0.1, -0.05) is 20.1 Å². The second-order valence-electron chi connectivity index (χ2n) is 15.5. The van der Waals surface area contributed by atoms with Gasteiger partial charge < -0.3 is 0 Å². The highest BCUT2D eigenvalue weighted by atomic mass is 31.1. The van der Waals surface area contributed by atoms with Gasteiger partial charge in [-0.2, -0.15) is 0 Å². The first-order chi connectivity index (χ1) is 20.0. The highest BCUT2D eigenvalue weighted by Crippen LogP contribution is 2.79. The molecule has 1 atom stereocenters. The molecule has 8 bridgehead atoms. The first-order valence-corrected chi connectivity index (χ1v) is 18.6. The van der Waals surface area contributed by atoms with Gasteiger partial charge in [-0.15, -0.1) is 9.24 Å². The lowest BCUT2D eigenvalue weighted by Gasteiger charge is -2.67. The van der Waals surface area contributed by atoms with Crippen molar-refractivity contribution < 1.29 is 0 Å². The van der Waals surface area contributed by atoms with Crippen LogP contribution < -0.4 is 0 Å². The number of hydrogen-bond acceptors (Lipinski definition) is 4. The molecular weight excluding hydrogens is 538 g/mol. The fourth-order valence-corrected chi connectivity index (χ4v) is 18.1. The summed E-state index contributed by atoms with van der Waals surface area (Å²) in [4.78, 5) is 18.8. The van der Waals surface area contributed by atoms with Crippen LogP contribution in [0.2, 0.25) is 0 Å². The number of rotatable bonds is 7. The van der Waals surface area contributed by atoms with E-state index in [9.17, 15) is 0 Å². The highest BCUT2D eigenvalue weighted by Gasteiger charge is 2.62. The molecule has 41 heavy (non-hydrogen) atoms. The predicted molar refractivity (Wildman–Crippen MR) is 169 cm³/mol. The quantitative estimate of drug-likeness (QED) is 0.310. The van der Waals surface area contributed by atoms with E-state index in [-0.39, 0.29) is 7.92 Å². The van der Waals surface area contributed by atoms with Gasteiger partial charge in [0.1, 0.15) is 0 Å². The van der Waals surface area contributed by atoms with Crippen molar-refractivity contribution in [3.8, 4) is 0 Å². The maximum atomic E-state index is 4.89. The van der Waals surface area contributed by atoms with Crippen LogP contribution in [-0.2, 0) is 5.16 Å². The van der Waals surface area contributed by atoms with Crippen LogP contribution in [0.25, 0.3) is 0 Å². The minimum Gasteiger partial charge on any atom is -0.261 e. The number of aromatic nitrogens is 4. The van der Waals surface area contributed by atoms with Gasteiger partial charge in [0.05, 0.1) is 28.9 Å². The van der Waals surface area contributed by atoms with E-state index in [1.165, 1.54) is 11.7 Å². The molecule has 0 N–H and O–H groups in total. The second-order valence-corrected chi connectivity index (χ2v) is 19.4. The van der Waals surface area contributed by atoms with Crippen LogP contribution in [0, 0.1) is 35.5 Å². The minimum atomic E-state index is -0.495. The molecule has 8 saturated carbocycles. The van der Waals surface area contributed by atoms with E-state index in [4.69, 9.17) is 9.97 Å². The van der Waals surface area contributed by atoms with Crippen molar-refractivity contribution in [1.82, 2.24) is 19.9 Å². The van der Waals surface area contributed by atoms with Crippen LogP contribution in [0.1, 0.15) is 94.9 Å². The fourth-order valence-electron chi connectivity index (χ4n) is 12.4. The molecule has 0 aliphatic heterocycles. The zero-order chi connectivity index (χ0) is 27.2. The van der Waals surface area contributed by atoms with Crippen LogP contribution >= 0.6 is 17.2 Å². The Morgan fingerprint density at radius 2 is 1.12 bits per heavy atom. The molecule has 9 aliphatic carbocycles. The van der Waals surface area contributed by atoms with Crippen molar-refractivity contribution in [2.75, 3.05) is 6.16 Å². The van der Waals surface area contributed by atoms with Crippen molar-refractivity contribution in [2.45, 2.75) is 98.9 Å². The smallest absolute Gasteiger partial charge is 0.0933 e. The molecule has 8 fully saturated rings. The maximum Gasteiger partial charge on any atom is 0.0933 e. The highest BCUT2D eigenvalue weighted by molar-refractivity contribution is 7.61. The summed E-state index contributed by atoms with van der Waals surface area (Å²) in [5, 5.41) is 0.769. The standard InChI is InChI=1S/C35H44N4P2/c40-35(31-20-36-4-6-38-31,32-21-37-5-7-39-32)30-3-1-2-29(30)22-41(33-14-23-8-24(15-33)10-25(9-23)16-33)34-17-26-11-27(18-34)13-28(12-26)19-34/h1-2,4-7,20-21,23-28H,3,8-19,22,40H2. The molecule has 214 valence electrons. The normalized spacial score (nSPS) is 41.0. The van der Waals surface area contributed by atoms with E-state index in [1.54, 1.807) is 95.0 Å². The Morgan fingerprint density at radius 3 is 1.51 bits per heavy atom. The first-order valence-electron chi connectivity index (χ1n) is 16.5. The van der Waals surface area contributed by atoms with Crippen LogP contribution in [-0.4, -0.2) is 36.4 Å². The molecule has 0 saturated heterocycles. The molecule has 0 spiro atoms. The summed E-state index contributed by atoms with van der Waals surface area (Å²) < 4.78 is 0. The van der Waals surface area contributed by atoms with Crippen molar-refractivity contribution in [2.24, 2.45) is 35.5 Å². The van der Waals surface area contributed by atoms with Gasteiger partial charge in [0, 0.05) is 24.8 Å². The molecule has 9 aliphatic rings. The first kappa shape index (κ1) is 25.9. The Bertz CT molecular complexity index is 1230. The predicted octanol–water partition coefficient (Wildman–Crippen LogP) is 8.06. The minimum absolute atomic E-state index is 0.122. The lowest BCUT2D eigenvalue weighted by atomic mass is 9.55. The van der Waals surface area contributed by atoms with Gasteiger partial charge in [0.15, 0.2) is 0 Å². The third-order valence-corrected chi connectivity index (χ3v) is 17.9. The van der Waals surface area contributed by atoms with Crippen LogP contribution in [0.15, 0.2) is 60.5 Å². The zero-order valence-corrected chi connectivity index (χ0v) is 26.3. The lowest BCUT2D eigenvalue weighted by molar-refractivity contribution is 0.0187. The van der Waals surface area contributed by atoms with E-state index in [0.717, 1.165) is 53.3 Å². The van der Waals surface area contributed by atoms with Gasteiger partial charge in [-0.05, 0) is 147 Å². The molecule has 0 amide bonds. The van der Waals surface area contributed by atoms with E-state index in [0.29, 0.717) is 10.3 Å². The topological polar surface area (TPSA) is 51.6 Å². The van der Waals surface area contributed by atoms with Gasteiger partial charge in [-0.25, -0.2) is 0 Å². The van der Waals surface area contributed by atoms with E-state index in [1.807, 2.05) is 24.8 Å². The summed E-state index contributed by atoms with van der Waals surface area (Å²) in [5.41, 5.74) is 5.02. The van der Waals surface area contributed by atoms with E-state index in [2.05, 4.69) is 31.4 Å². The summed E-state index contributed by atoms with van der Waals surface area (Å²) in [5.74, 6) is 6.13. The Kier molecular flexibility index (Phi) is 6.01. The number of allylic oxidation sites excluding steroid dienone is 4. The van der Waals surface area contributed by atoms with Gasteiger partial charge >= 0.3 is 0 Å². The van der Waals surface area contributed by atoms with Gasteiger partial charge in [0.25, 0.3) is 0 Å². The van der Waals surface area contributed by atoms with Crippen LogP contribution in [0.5, 0.6) is 0 Å². The van der Waals surface area contributed by atoms with Crippen LogP contribution in [0.4, 0.5) is 0 Å². The molecule has 4 nitrogen and oxygen atoms in total. The monoisotopic (exact) mass is 582 g/mol. The van der Waals surface area contributed by atoms with Crippen molar-refractivity contribution in [1.29, 1.82) is 0 Å². The number of hydrogen-bond donors (Lipinski definition) is 0. The van der Waals surface area contributed by atoms with Crippen molar-refractivity contribution in [3.63, 3.8) is 0 Å². The zero-order valence-electron chi connectivity index (χ0n) is 24.3. The molecule has 2 aromatic heterocycles. The summed E-state index contributed by atoms with van der Waals surface area (Å²) in [6, 6.07) is 0. The molecular formula is C35H44N4P2. The summed E-state index contributed by atoms with van der Waals surface area (Å²) >= 11 is 0. The van der Waals surface area contributed by atoms with Crippen molar-refractivity contribution in [3.05, 3.63) is 71.9 Å². The fraction of sp³-hybridized carbons (Fsp3) is 0.657. The summed E-state index contributed by atoms with van der Waals surface area (Å²) in [6.45, 7) is 0. The van der Waals surface area contributed by atoms with Gasteiger partial charge in [-0.3, -0.25) is 19.9 Å². The SMILES string of the molecule is PC(C1=C(CP(C23CC4CC(CC(C4)C2)C3)C23CC4CC(CC(C4)C2)C3)C=CC1)(c1cnccn1)c1cnccn1. The van der Waals surface area contributed by atoms with Gasteiger partial charge in [0.2, 0.25) is 0 Å². The summed E-state index contributed by atoms with van der Waals surface area (Å²) in [7, 11) is 3.09. The van der Waals surface area contributed by atoms with E-state index >= 15 is 0 Å². The van der Waals surface area contributed by atoms with Crippen molar-refractivity contribution >= 4 is 17.2 Å². The maximum absolute atomic E-state index is 4.89. The Hall–Kier alpha value is -1.50.